The second-order valence-corrected chi connectivity index (χ2v) is 5.62. The molecule has 0 radical (unpaired) electrons. The number of halogens is 1. The number of fused-ring (bicyclic) bond motifs is 1. The molecule has 4 nitrogen and oxygen atoms in total. The van der Waals surface area contributed by atoms with E-state index in [1.54, 1.807) is 7.11 Å². The number of hydrogen-bond donors (Lipinski definition) is 2. The summed E-state index contributed by atoms with van der Waals surface area (Å²) in [5, 5.41) is 4.91. The quantitative estimate of drug-likeness (QED) is 0.884. The van der Waals surface area contributed by atoms with Gasteiger partial charge in [-0.1, -0.05) is 38.1 Å². The van der Waals surface area contributed by atoms with Crippen LogP contribution in [0.25, 0.3) is 10.8 Å². The maximum absolute atomic E-state index is 12.1. The van der Waals surface area contributed by atoms with Gasteiger partial charge in [-0.05, 0) is 23.8 Å². The van der Waals surface area contributed by atoms with Gasteiger partial charge in [0.05, 0.1) is 13.2 Å². The minimum absolute atomic E-state index is 0. The van der Waals surface area contributed by atoms with Crippen LogP contribution in [-0.2, 0) is 4.79 Å². The molecule has 0 unspecified atom stereocenters. The molecule has 22 heavy (non-hydrogen) atoms. The largest absolute Gasteiger partial charge is 0.496 e. The zero-order valence-corrected chi connectivity index (χ0v) is 13.9. The van der Waals surface area contributed by atoms with Crippen molar-refractivity contribution in [3.63, 3.8) is 0 Å². The van der Waals surface area contributed by atoms with Gasteiger partial charge in [0.2, 0.25) is 5.91 Å². The molecule has 0 heterocycles. The summed E-state index contributed by atoms with van der Waals surface area (Å²) in [6.45, 7) is 4.10. The second kappa shape index (κ2) is 8.01. The van der Waals surface area contributed by atoms with Crippen LogP contribution >= 0.6 is 12.4 Å². The van der Waals surface area contributed by atoms with E-state index in [-0.39, 0.29) is 18.3 Å². The molecule has 0 saturated heterocycles. The average Bonchev–Trinajstić information content (AvgIpc) is 2.45. The van der Waals surface area contributed by atoms with Crippen molar-refractivity contribution in [2.75, 3.05) is 12.4 Å². The van der Waals surface area contributed by atoms with Gasteiger partial charge in [0.1, 0.15) is 5.75 Å². The summed E-state index contributed by atoms with van der Waals surface area (Å²) in [4.78, 5) is 12.1. The van der Waals surface area contributed by atoms with Crippen molar-refractivity contribution in [3.8, 4) is 5.75 Å². The highest BCUT2D eigenvalue weighted by Crippen LogP contribution is 2.29. The number of carbonyl (C=O) groups excluding carboxylic acids is 1. The maximum atomic E-state index is 12.1. The van der Waals surface area contributed by atoms with Crippen LogP contribution in [0.3, 0.4) is 0 Å². The third-order valence-corrected chi connectivity index (χ3v) is 3.37. The van der Waals surface area contributed by atoms with Gasteiger partial charge in [-0.25, -0.2) is 0 Å². The molecule has 0 aliphatic carbocycles. The molecule has 5 heteroatoms. The molecule has 0 aliphatic heterocycles. The van der Waals surface area contributed by atoms with Gasteiger partial charge in [0.25, 0.3) is 0 Å². The molecule has 1 atom stereocenters. The number of nitrogens with one attached hydrogen (secondary N) is 1. The second-order valence-electron chi connectivity index (χ2n) is 5.62. The minimum Gasteiger partial charge on any atom is -0.496 e. The van der Waals surface area contributed by atoms with Crippen LogP contribution < -0.4 is 15.8 Å². The van der Waals surface area contributed by atoms with Crippen molar-refractivity contribution in [3.05, 3.63) is 36.4 Å². The number of hydrogen-bond acceptors (Lipinski definition) is 3. The smallest absolute Gasteiger partial charge is 0.241 e. The topological polar surface area (TPSA) is 64.3 Å². The number of amides is 1. The fourth-order valence-corrected chi connectivity index (χ4v) is 2.37. The summed E-state index contributed by atoms with van der Waals surface area (Å²) in [6, 6.07) is 11.1. The van der Waals surface area contributed by atoms with Crippen molar-refractivity contribution in [2.24, 2.45) is 11.7 Å². The molecule has 0 bridgehead atoms. The molecule has 2 rings (SSSR count). The molecule has 0 aliphatic rings. The SMILES string of the molecule is COc1cc(NC(=O)[C@@H](N)CC(C)C)cc2ccccc12.Cl. The van der Waals surface area contributed by atoms with Crippen LogP contribution in [-0.4, -0.2) is 19.1 Å². The van der Waals surface area contributed by atoms with Crippen LogP contribution in [0.15, 0.2) is 36.4 Å². The summed E-state index contributed by atoms with van der Waals surface area (Å²) < 4.78 is 5.39. The highest BCUT2D eigenvalue weighted by Gasteiger charge is 2.15. The number of nitrogens with two attached hydrogens (primary N) is 1. The third-order valence-electron chi connectivity index (χ3n) is 3.37. The number of rotatable bonds is 5. The Morgan fingerprint density at radius 3 is 2.59 bits per heavy atom. The van der Waals surface area contributed by atoms with Crippen LogP contribution in [0.2, 0.25) is 0 Å². The van der Waals surface area contributed by atoms with Crippen molar-refractivity contribution >= 4 is 34.8 Å². The standard InChI is InChI=1S/C17H22N2O2.ClH/c1-11(2)8-15(18)17(20)19-13-9-12-6-4-5-7-14(12)16(10-13)21-3;/h4-7,9-11,15H,8,18H2,1-3H3,(H,19,20);1H/t15-;/m0./s1. The molecule has 3 N–H and O–H groups in total. The molecular weight excluding hydrogens is 300 g/mol. The fraction of sp³-hybridized carbons (Fsp3) is 0.353. The summed E-state index contributed by atoms with van der Waals surface area (Å²) >= 11 is 0. The first-order chi connectivity index (χ1) is 10.0. The number of methoxy groups -OCH3 is 1. The zero-order chi connectivity index (χ0) is 15.4. The normalized spacial score (nSPS) is 11.9. The van der Waals surface area contributed by atoms with Gasteiger partial charge in [-0.15, -0.1) is 12.4 Å². The van der Waals surface area contributed by atoms with Gasteiger partial charge in [-0.3, -0.25) is 4.79 Å². The minimum atomic E-state index is -0.498. The van der Waals surface area contributed by atoms with E-state index >= 15 is 0 Å². The molecule has 120 valence electrons. The van der Waals surface area contributed by atoms with Gasteiger partial charge in [-0.2, -0.15) is 0 Å². The van der Waals surface area contributed by atoms with E-state index in [4.69, 9.17) is 10.5 Å². The molecule has 0 fully saturated rings. The van der Waals surface area contributed by atoms with Crippen molar-refractivity contribution in [1.29, 1.82) is 0 Å². The van der Waals surface area contributed by atoms with E-state index in [9.17, 15) is 4.79 Å². The van der Waals surface area contributed by atoms with E-state index < -0.39 is 6.04 Å². The Hall–Kier alpha value is -1.78. The fourth-order valence-electron chi connectivity index (χ4n) is 2.37. The number of ether oxygens (including phenoxy) is 1. The van der Waals surface area contributed by atoms with Crippen LogP contribution in [0.5, 0.6) is 5.75 Å². The molecule has 0 saturated carbocycles. The van der Waals surface area contributed by atoms with E-state index in [0.717, 1.165) is 16.5 Å². The lowest BCUT2D eigenvalue weighted by molar-refractivity contribution is -0.117. The van der Waals surface area contributed by atoms with Crippen LogP contribution in [0.4, 0.5) is 5.69 Å². The van der Waals surface area contributed by atoms with Gasteiger partial charge < -0.3 is 15.8 Å². The van der Waals surface area contributed by atoms with Gasteiger partial charge in [0.15, 0.2) is 0 Å². The van der Waals surface area contributed by atoms with Crippen molar-refractivity contribution in [2.45, 2.75) is 26.3 Å². The Bertz CT molecular complexity index is 644. The summed E-state index contributed by atoms with van der Waals surface area (Å²) in [7, 11) is 1.62. The maximum Gasteiger partial charge on any atom is 0.241 e. The van der Waals surface area contributed by atoms with Gasteiger partial charge >= 0.3 is 0 Å². The Labute approximate surface area is 137 Å². The molecule has 2 aromatic rings. The third kappa shape index (κ3) is 4.36. The van der Waals surface area contributed by atoms with E-state index in [1.165, 1.54) is 0 Å². The first-order valence-electron chi connectivity index (χ1n) is 7.14. The highest BCUT2D eigenvalue weighted by molar-refractivity contribution is 5.99. The van der Waals surface area contributed by atoms with E-state index in [0.29, 0.717) is 18.0 Å². The Kier molecular flexibility index (Phi) is 6.65. The average molecular weight is 323 g/mol. The lowest BCUT2D eigenvalue weighted by Crippen LogP contribution is -2.36. The molecular formula is C17H23ClN2O2. The van der Waals surface area contributed by atoms with E-state index in [1.807, 2.05) is 50.2 Å². The Morgan fingerprint density at radius 2 is 1.95 bits per heavy atom. The molecule has 2 aromatic carbocycles. The lowest BCUT2D eigenvalue weighted by Gasteiger charge is -2.15. The van der Waals surface area contributed by atoms with Crippen molar-refractivity contribution in [1.82, 2.24) is 0 Å². The Balaban J connectivity index is 0.00000242. The van der Waals surface area contributed by atoms with Crippen molar-refractivity contribution < 1.29 is 9.53 Å². The number of carbonyl (C=O) groups is 1. The molecule has 1 amide bonds. The monoisotopic (exact) mass is 322 g/mol. The molecule has 0 aromatic heterocycles. The first-order valence-corrected chi connectivity index (χ1v) is 7.14. The number of anilines is 1. The Morgan fingerprint density at radius 1 is 1.27 bits per heavy atom. The summed E-state index contributed by atoms with van der Waals surface area (Å²) in [6.07, 6.45) is 0.663. The summed E-state index contributed by atoms with van der Waals surface area (Å²) in [5.74, 6) is 0.957. The highest BCUT2D eigenvalue weighted by atomic mass is 35.5. The molecule has 0 spiro atoms. The number of benzene rings is 2. The lowest BCUT2D eigenvalue weighted by atomic mass is 10.0. The predicted molar refractivity (Wildman–Crippen MR) is 93.8 cm³/mol. The predicted octanol–water partition coefficient (Wildman–Crippen LogP) is 3.58. The van der Waals surface area contributed by atoms with E-state index in [2.05, 4.69) is 5.32 Å². The zero-order valence-electron chi connectivity index (χ0n) is 13.1. The van der Waals surface area contributed by atoms with Crippen LogP contribution in [0.1, 0.15) is 20.3 Å². The first kappa shape index (κ1) is 18.3. The summed E-state index contributed by atoms with van der Waals surface area (Å²) in [5.41, 5.74) is 6.61. The van der Waals surface area contributed by atoms with Crippen LogP contribution in [0, 0.1) is 5.92 Å². The van der Waals surface area contributed by atoms with Gasteiger partial charge in [0, 0.05) is 17.1 Å².